The maximum Gasteiger partial charge on any atom is 0.128 e. The summed E-state index contributed by atoms with van der Waals surface area (Å²) in [6.45, 7) is 1.98. The van der Waals surface area contributed by atoms with E-state index in [2.05, 4.69) is 23.6 Å². The fraction of sp³-hybridized carbons (Fsp3) is 0.0714. The van der Waals surface area contributed by atoms with Gasteiger partial charge in [-0.1, -0.05) is 18.2 Å². The van der Waals surface area contributed by atoms with Crippen molar-refractivity contribution < 1.29 is 0 Å². The number of hydrogen-bond donors (Lipinski definition) is 1. The van der Waals surface area contributed by atoms with Crippen LogP contribution in [0.5, 0.6) is 0 Å². The Hall–Kier alpha value is -1.83. The van der Waals surface area contributed by atoms with Gasteiger partial charge in [0.05, 0.1) is 5.69 Å². The van der Waals surface area contributed by atoms with Crippen molar-refractivity contribution in [3.63, 3.8) is 0 Å². The van der Waals surface area contributed by atoms with E-state index in [-0.39, 0.29) is 0 Å². The number of rotatable bonds is 1. The van der Waals surface area contributed by atoms with Crippen LogP contribution in [-0.2, 0) is 0 Å². The topological polar surface area (TPSA) is 49.8 Å². The monoisotopic (exact) mass is 270 g/mol. The number of nitrogens with zero attached hydrogens (tertiary/aromatic N) is 1. The lowest BCUT2D eigenvalue weighted by Crippen LogP contribution is -1.87. The zero-order valence-corrected chi connectivity index (χ0v) is 11.4. The van der Waals surface area contributed by atoms with Crippen molar-refractivity contribution in [2.24, 2.45) is 0 Å². The van der Waals surface area contributed by atoms with Crippen molar-refractivity contribution in [1.82, 2.24) is 0 Å². The summed E-state index contributed by atoms with van der Waals surface area (Å²) >= 11 is 3.20. The number of thiophene rings is 2. The van der Waals surface area contributed by atoms with E-state index in [0.29, 0.717) is 10.6 Å². The van der Waals surface area contributed by atoms with Gasteiger partial charge in [0, 0.05) is 25.9 Å². The minimum atomic E-state index is 0.609. The smallest absolute Gasteiger partial charge is 0.128 e. The van der Waals surface area contributed by atoms with E-state index in [1.54, 1.807) is 11.3 Å². The van der Waals surface area contributed by atoms with Crippen LogP contribution >= 0.6 is 22.7 Å². The van der Waals surface area contributed by atoms with E-state index in [4.69, 9.17) is 11.0 Å². The number of hydrogen-bond acceptors (Lipinski definition) is 4. The van der Waals surface area contributed by atoms with Crippen LogP contribution in [0.2, 0.25) is 0 Å². The highest BCUT2D eigenvalue weighted by Gasteiger charge is 2.16. The van der Waals surface area contributed by atoms with Crippen LogP contribution in [0.15, 0.2) is 29.6 Å². The van der Waals surface area contributed by atoms with Crippen molar-refractivity contribution in [2.75, 3.05) is 5.73 Å². The van der Waals surface area contributed by atoms with Crippen LogP contribution in [0.1, 0.15) is 10.4 Å². The molecule has 0 bridgehead atoms. The number of nitrogens with two attached hydrogens (primary N) is 1. The first-order valence-electron chi connectivity index (χ1n) is 5.48. The Bertz CT molecular complexity index is 775. The summed E-state index contributed by atoms with van der Waals surface area (Å²) in [7, 11) is 0. The van der Waals surface area contributed by atoms with Crippen LogP contribution in [0, 0.1) is 18.3 Å². The molecule has 0 unspecified atom stereocenters. The quantitative estimate of drug-likeness (QED) is 0.712. The third-order valence-corrected chi connectivity index (χ3v) is 5.23. The summed E-state index contributed by atoms with van der Waals surface area (Å²) in [6.07, 6.45) is 0. The average Bonchev–Trinajstić information content (AvgIpc) is 2.93. The van der Waals surface area contributed by atoms with Crippen LogP contribution in [-0.4, -0.2) is 0 Å². The maximum absolute atomic E-state index is 9.05. The van der Waals surface area contributed by atoms with Gasteiger partial charge in [0.25, 0.3) is 0 Å². The highest BCUT2D eigenvalue weighted by Crippen LogP contribution is 2.42. The molecule has 0 radical (unpaired) electrons. The Morgan fingerprint density at radius 3 is 2.78 bits per heavy atom. The first-order chi connectivity index (χ1) is 8.72. The first kappa shape index (κ1) is 11.3. The zero-order chi connectivity index (χ0) is 12.7. The standard InChI is InChI=1S/C14H10N2S2/c1-8-13(16)12(6-15)18-14(8)10-7-17-11-5-3-2-4-9(10)11/h2-5,7H,16H2,1H3. The number of nitrogen functional groups attached to an aromatic ring is 1. The predicted molar refractivity (Wildman–Crippen MR) is 79.0 cm³/mol. The molecule has 3 rings (SSSR count). The van der Waals surface area contributed by atoms with Crippen LogP contribution in [0.3, 0.4) is 0 Å². The fourth-order valence-electron chi connectivity index (χ4n) is 2.02. The molecule has 0 amide bonds. The Morgan fingerprint density at radius 2 is 2.06 bits per heavy atom. The second-order valence-electron chi connectivity index (χ2n) is 4.06. The van der Waals surface area contributed by atoms with Gasteiger partial charge in [-0.15, -0.1) is 22.7 Å². The number of nitriles is 1. The Balaban J connectivity index is 2.30. The second kappa shape index (κ2) is 4.13. The summed E-state index contributed by atoms with van der Waals surface area (Å²) in [5.41, 5.74) is 8.77. The first-order valence-corrected chi connectivity index (χ1v) is 7.17. The van der Waals surface area contributed by atoms with E-state index >= 15 is 0 Å². The molecule has 0 saturated heterocycles. The molecule has 2 heterocycles. The van der Waals surface area contributed by atoms with E-state index in [9.17, 15) is 0 Å². The van der Waals surface area contributed by atoms with Crippen molar-refractivity contribution in [3.05, 3.63) is 40.1 Å². The molecule has 4 heteroatoms. The van der Waals surface area contributed by atoms with E-state index in [1.807, 2.05) is 19.1 Å². The van der Waals surface area contributed by atoms with Gasteiger partial charge in [-0.25, -0.2) is 0 Å². The molecule has 0 saturated carbocycles. The minimum absolute atomic E-state index is 0.609. The number of benzene rings is 1. The number of fused-ring (bicyclic) bond motifs is 1. The summed E-state index contributed by atoms with van der Waals surface area (Å²) < 4.78 is 1.26. The lowest BCUT2D eigenvalue weighted by molar-refractivity contribution is 1.50. The molecule has 18 heavy (non-hydrogen) atoms. The summed E-state index contributed by atoms with van der Waals surface area (Å²) in [5, 5.41) is 12.4. The summed E-state index contributed by atoms with van der Waals surface area (Å²) in [6, 6.07) is 10.5. The van der Waals surface area contributed by atoms with Gasteiger partial charge in [0.15, 0.2) is 0 Å². The Kier molecular flexibility index (Phi) is 2.58. The van der Waals surface area contributed by atoms with Gasteiger partial charge in [-0.05, 0) is 18.6 Å². The van der Waals surface area contributed by atoms with Crippen LogP contribution < -0.4 is 5.73 Å². The molecule has 0 aliphatic heterocycles. The molecule has 0 aliphatic carbocycles. The Morgan fingerprint density at radius 1 is 1.28 bits per heavy atom. The SMILES string of the molecule is Cc1c(-c2csc3ccccc23)sc(C#N)c1N. The molecule has 0 fully saturated rings. The lowest BCUT2D eigenvalue weighted by Gasteiger charge is -1.98. The fourth-order valence-corrected chi connectivity index (χ4v) is 4.10. The van der Waals surface area contributed by atoms with Crippen molar-refractivity contribution in [3.8, 4) is 16.5 Å². The van der Waals surface area contributed by atoms with E-state index in [1.165, 1.54) is 27.0 Å². The van der Waals surface area contributed by atoms with Crippen molar-refractivity contribution in [1.29, 1.82) is 5.26 Å². The molecule has 2 N–H and O–H groups in total. The minimum Gasteiger partial charge on any atom is -0.397 e. The average molecular weight is 270 g/mol. The maximum atomic E-state index is 9.05. The summed E-state index contributed by atoms with van der Waals surface area (Å²) in [4.78, 5) is 1.72. The van der Waals surface area contributed by atoms with Gasteiger partial charge in [-0.2, -0.15) is 5.26 Å². The molecule has 0 spiro atoms. The van der Waals surface area contributed by atoms with Crippen molar-refractivity contribution >= 4 is 38.4 Å². The second-order valence-corrected chi connectivity index (χ2v) is 5.99. The van der Waals surface area contributed by atoms with E-state index in [0.717, 1.165) is 10.4 Å². The lowest BCUT2D eigenvalue weighted by atomic mass is 10.1. The zero-order valence-electron chi connectivity index (χ0n) is 9.73. The Labute approximate surface area is 113 Å². The van der Waals surface area contributed by atoms with Gasteiger partial charge in [0.2, 0.25) is 0 Å². The molecule has 1 aromatic carbocycles. The third kappa shape index (κ3) is 1.52. The molecule has 88 valence electrons. The molecule has 2 aromatic heterocycles. The van der Waals surface area contributed by atoms with Gasteiger partial charge in [-0.3, -0.25) is 0 Å². The molecular formula is C14H10N2S2. The predicted octanol–water partition coefficient (Wildman–Crippen LogP) is 4.39. The molecule has 3 aromatic rings. The highest BCUT2D eigenvalue weighted by atomic mass is 32.1. The largest absolute Gasteiger partial charge is 0.397 e. The highest BCUT2D eigenvalue weighted by molar-refractivity contribution is 7.20. The molecule has 0 aliphatic rings. The van der Waals surface area contributed by atoms with Crippen LogP contribution in [0.25, 0.3) is 20.5 Å². The summed E-state index contributed by atoms with van der Waals surface area (Å²) in [5.74, 6) is 0. The molecular weight excluding hydrogens is 260 g/mol. The van der Waals surface area contributed by atoms with Gasteiger partial charge >= 0.3 is 0 Å². The van der Waals surface area contributed by atoms with Gasteiger partial charge < -0.3 is 5.73 Å². The van der Waals surface area contributed by atoms with Crippen molar-refractivity contribution in [2.45, 2.75) is 6.92 Å². The third-order valence-electron chi connectivity index (χ3n) is 3.02. The molecule has 2 nitrogen and oxygen atoms in total. The van der Waals surface area contributed by atoms with E-state index < -0.39 is 0 Å². The normalized spacial score (nSPS) is 10.7. The van der Waals surface area contributed by atoms with Gasteiger partial charge in [0.1, 0.15) is 10.9 Å². The van der Waals surface area contributed by atoms with Crippen LogP contribution in [0.4, 0.5) is 5.69 Å². The molecule has 0 atom stereocenters. The number of anilines is 1.